The first-order valence-corrected chi connectivity index (χ1v) is 5.69. The molecule has 1 amide bonds. The summed E-state index contributed by atoms with van der Waals surface area (Å²) in [5.41, 5.74) is 5.29. The van der Waals surface area contributed by atoms with Crippen molar-refractivity contribution in [2.75, 3.05) is 26.2 Å². The third kappa shape index (κ3) is 3.21. The topological polar surface area (TPSA) is 49.6 Å². The van der Waals surface area contributed by atoms with E-state index in [1.54, 1.807) is 12.2 Å². The van der Waals surface area contributed by atoms with Gasteiger partial charge < -0.3 is 10.6 Å². The predicted octanol–water partition coefficient (Wildman–Crippen LogP) is 0.384. The third-order valence-electron chi connectivity index (χ3n) is 2.25. The van der Waals surface area contributed by atoms with Crippen LogP contribution in [-0.2, 0) is 4.79 Å². The molecule has 1 unspecified atom stereocenters. The summed E-state index contributed by atoms with van der Waals surface area (Å²) in [4.78, 5) is 13.4. The van der Waals surface area contributed by atoms with Crippen LogP contribution in [0.3, 0.4) is 0 Å². The van der Waals surface area contributed by atoms with E-state index in [4.69, 9.17) is 5.73 Å². The van der Waals surface area contributed by atoms with Crippen molar-refractivity contribution in [2.45, 2.75) is 13.0 Å². The van der Waals surface area contributed by atoms with Crippen molar-refractivity contribution in [3.8, 4) is 0 Å². The monoisotopic (exact) mass is 309 g/mol. The van der Waals surface area contributed by atoms with Crippen LogP contribution in [-0.4, -0.2) is 46.1 Å². The summed E-state index contributed by atoms with van der Waals surface area (Å²) >= 11 is 2.30. The van der Waals surface area contributed by atoms with Gasteiger partial charge in [-0.25, -0.2) is 3.11 Å². The first-order valence-electron chi connectivity index (χ1n) is 4.73. The molecular formula is C9H16IN3O. The van der Waals surface area contributed by atoms with Crippen molar-refractivity contribution in [3.63, 3.8) is 0 Å². The molecule has 0 aromatic carbocycles. The summed E-state index contributed by atoms with van der Waals surface area (Å²) in [6.45, 7) is 5.09. The fraction of sp³-hybridized carbons (Fsp3) is 0.667. The second-order valence-electron chi connectivity index (χ2n) is 3.39. The van der Waals surface area contributed by atoms with Crippen molar-refractivity contribution in [1.29, 1.82) is 0 Å². The van der Waals surface area contributed by atoms with Gasteiger partial charge in [0.15, 0.2) is 0 Å². The van der Waals surface area contributed by atoms with Crippen LogP contribution in [0, 0.1) is 0 Å². The van der Waals surface area contributed by atoms with Gasteiger partial charge in [-0.05, 0) is 6.92 Å². The highest BCUT2D eigenvalue weighted by Gasteiger charge is 2.23. The maximum Gasteiger partial charge on any atom is 0.246 e. The first-order chi connectivity index (χ1) is 6.65. The molecule has 0 saturated carbocycles. The van der Waals surface area contributed by atoms with Gasteiger partial charge >= 0.3 is 0 Å². The van der Waals surface area contributed by atoms with Crippen molar-refractivity contribution in [2.24, 2.45) is 5.73 Å². The molecule has 0 spiro atoms. The van der Waals surface area contributed by atoms with Gasteiger partial charge in [0.05, 0.1) is 0 Å². The molecule has 1 saturated heterocycles. The van der Waals surface area contributed by atoms with Crippen molar-refractivity contribution < 1.29 is 4.79 Å². The first kappa shape index (κ1) is 11.9. The average Bonchev–Trinajstić information content (AvgIpc) is 2.18. The quantitative estimate of drug-likeness (QED) is 0.456. The molecule has 1 atom stereocenters. The summed E-state index contributed by atoms with van der Waals surface area (Å²) in [5.74, 6) is 0.0757. The molecule has 0 radical (unpaired) electrons. The molecule has 0 bridgehead atoms. The van der Waals surface area contributed by atoms with Crippen LogP contribution in [0.25, 0.3) is 0 Å². The van der Waals surface area contributed by atoms with E-state index in [2.05, 4.69) is 32.9 Å². The van der Waals surface area contributed by atoms with Crippen LogP contribution in [0.15, 0.2) is 12.2 Å². The number of nitrogens with two attached hydrogens (primary N) is 1. The van der Waals surface area contributed by atoms with Gasteiger partial charge in [-0.3, -0.25) is 4.79 Å². The number of hydrogen-bond donors (Lipinski definition) is 1. The van der Waals surface area contributed by atoms with Crippen molar-refractivity contribution >= 4 is 28.8 Å². The number of carbonyl (C=O) groups is 1. The predicted molar refractivity (Wildman–Crippen MR) is 65.0 cm³/mol. The lowest BCUT2D eigenvalue weighted by Gasteiger charge is -2.35. The molecule has 1 fully saturated rings. The largest absolute Gasteiger partial charge is 0.336 e. The number of hydrogen-bond acceptors (Lipinski definition) is 3. The van der Waals surface area contributed by atoms with E-state index in [-0.39, 0.29) is 5.91 Å². The lowest BCUT2D eigenvalue weighted by atomic mass is 10.2. The van der Waals surface area contributed by atoms with E-state index in [0.29, 0.717) is 12.6 Å². The molecule has 1 aliphatic heterocycles. The van der Waals surface area contributed by atoms with E-state index in [0.717, 1.165) is 19.6 Å². The van der Waals surface area contributed by atoms with Gasteiger partial charge in [0.25, 0.3) is 0 Å². The molecule has 14 heavy (non-hydrogen) atoms. The minimum Gasteiger partial charge on any atom is -0.336 e. The Morgan fingerprint density at radius 3 is 2.93 bits per heavy atom. The van der Waals surface area contributed by atoms with Crippen molar-refractivity contribution in [3.05, 3.63) is 12.2 Å². The van der Waals surface area contributed by atoms with Gasteiger partial charge in [-0.1, -0.05) is 6.08 Å². The number of amides is 1. The molecule has 1 rings (SSSR count). The van der Waals surface area contributed by atoms with Crippen LogP contribution >= 0.6 is 22.9 Å². The fourth-order valence-electron chi connectivity index (χ4n) is 1.41. The molecule has 0 aromatic rings. The normalized spacial score (nSPS) is 24.5. The summed E-state index contributed by atoms with van der Waals surface area (Å²) in [7, 11) is 0. The van der Waals surface area contributed by atoms with E-state index in [9.17, 15) is 4.79 Å². The number of rotatable bonds is 2. The smallest absolute Gasteiger partial charge is 0.246 e. The Bertz CT molecular complexity index is 232. The summed E-state index contributed by atoms with van der Waals surface area (Å²) in [6.07, 6.45) is 3.26. The van der Waals surface area contributed by atoms with E-state index in [1.807, 2.05) is 4.90 Å². The molecule has 4 nitrogen and oxygen atoms in total. The number of carbonyl (C=O) groups excluding carboxylic acids is 1. The lowest BCUT2D eigenvalue weighted by molar-refractivity contribution is -0.127. The Morgan fingerprint density at radius 1 is 1.64 bits per heavy atom. The second-order valence-corrected chi connectivity index (χ2v) is 4.63. The number of piperazine rings is 1. The van der Waals surface area contributed by atoms with Crippen LogP contribution in [0.1, 0.15) is 6.92 Å². The molecule has 5 heteroatoms. The molecule has 2 N–H and O–H groups in total. The number of nitrogens with zero attached hydrogens (tertiary/aromatic N) is 2. The van der Waals surface area contributed by atoms with Crippen LogP contribution < -0.4 is 5.73 Å². The van der Waals surface area contributed by atoms with Gasteiger partial charge in [0.2, 0.25) is 5.91 Å². The molecular weight excluding hydrogens is 293 g/mol. The Morgan fingerprint density at radius 2 is 2.36 bits per heavy atom. The molecule has 1 aliphatic rings. The standard InChI is InChI=1S/C9H16IN3O/c1-8-7-12(5-6-13(8)10)9(14)3-2-4-11/h2-3,8H,4-7,11H2,1H3/b3-2+. The van der Waals surface area contributed by atoms with Crippen LogP contribution in [0.4, 0.5) is 0 Å². The summed E-state index contributed by atoms with van der Waals surface area (Å²) in [5, 5.41) is 0. The van der Waals surface area contributed by atoms with Gasteiger partial charge in [-0.15, -0.1) is 0 Å². The Kier molecular flexibility index (Phi) is 4.83. The Hall–Kier alpha value is -0.140. The zero-order chi connectivity index (χ0) is 10.6. The summed E-state index contributed by atoms with van der Waals surface area (Å²) < 4.78 is 2.23. The van der Waals surface area contributed by atoms with Gasteiger partial charge in [-0.2, -0.15) is 0 Å². The molecule has 1 heterocycles. The Labute approximate surface area is 98.6 Å². The average molecular weight is 309 g/mol. The molecule has 0 aromatic heterocycles. The van der Waals surface area contributed by atoms with E-state index >= 15 is 0 Å². The zero-order valence-electron chi connectivity index (χ0n) is 8.32. The van der Waals surface area contributed by atoms with Gasteiger partial charge in [0, 0.05) is 61.2 Å². The summed E-state index contributed by atoms with van der Waals surface area (Å²) in [6, 6.07) is 0.430. The van der Waals surface area contributed by atoms with E-state index in [1.165, 1.54) is 0 Å². The minimum atomic E-state index is 0.0757. The minimum absolute atomic E-state index is 0.0757. The maximum absolute atomic E-state index is 11.6. The van der Waals surface area contributed by atoms with Crippen LogP contribution in [0.5, 0.6) is 0 Å². The highest BCUT2D eigenvalue weighted by atomic mass is 127. The Balaban J connectivity index is 2.46. The maximum atomic E-state index is 11.6. The van der Waals surface area contributed by atoms with Gasteiger partial charge in [0.1, 0.15) is 0 Å². The fourth-order valence-corrected chi connectivity index (χ4v) is 1.80. The lowest BCUT2D eigenvalue weighted by Crippen LogP contribution is -2.49. The highest BCUT2D eigenvalue weighted by molar-refractivity contribution is 14.1. The highest BCUT2D eigenvalue weighted by Crippen LogP contribution is 2.13. The third-order valence-corrected chi connectivity index (χ3v) is 3.69. The number of halogens is 1. The second kappa shape index (κ2) is 5.67. The molecule has 0 aliphatic carbocycles. The zero-order valence-corrected chi connectivity index (χ0v) is 10.5. The SMILES string of the molecule is CC1CN(C(=O)/C=C/CN)CCN1I. The van der Waals surface area contributed by atoms with E-state index < -0.39 is 0 Å². The molecule has 80 valence electrons. The van der Waals surface area contributed by atoms with Crippen molar-refractivity contribution in [1.82, 2.24) is 8.01 Å². The van der Waals surface area contributed by atoms with Crippen LogP contribution in [0.2, 0.25) is 0 Å².